The van der Waals surface area contributed by atoms with Crippen LogP contribution in [0, 0.1) is 5.92 Å². The van der Waals surface area contributed by atoms with Gasteiger partial charge in [-0.25, -0.2) is 13.2 Å². The molecule has 1 aromatic heterocycles. The molecule has 122 valence electrons. The Balaban J connectivity index is 2.06. The summed E-state index contributed by atoms with van der Waals surface area (Å²) in [6, 6.07) is 0. The second-order valence-electron chi connectivity index (χ2n) is 6.01. The molecule has 2 aliphatic rings. The van der Waals surface area contributed by atoms with E-state index in [9.17, 15) is 18.3 Å². The summed E-state index contributed by atoms with van der Waals surface area (Å²) in [5.74, 6) is -0.823. The van der Waals surface area contributed by atoms with Crippen LogP contribution in [0.25, 0.3) is 0 Å². The van der Waals surface area contributed by atoms with Gasteiger partial charge in [-0.1, -0.05) is 6.92 Å². The van der Waals surface area contributed by atoms with Gasteiger partial charge >= 0.3 is 5.97 Å². The van der Waals surface area contributed by atoms with Crippen molar-refractivity contribution in [3.05, 3.63) is 16.0 Å². The van der Waals surface area contributed by atoms with Crippen molar-refractivity contribution in [1.29, 1.82) is 0 Å². The van der Waals surface area contributed by atoms with Crippen LogP contribution in [0.4, 0.5) is 0 Å². The molecule has 0 spiro atoms. The number of rotatable bonds is 3. The maximum absolute atomic E-state index is 12.9. The molecule has 1 fully saturated rings. The number of hydrogen-bond donors (Lipinski definition) is 2. The number of nitrogens with zero attached hydrogens (tertiary/aromatic N) is 1. The predicted molar refractivity (Wildman–Crippen MR) is 83.8 cm³/mol. The highest BCUT2D eigenvalue weighted by atomic mass is 32.2. The number of fused-ring (bicyclic) bond motifs is 1. The standard InChI is InChI=1S/C14H20N2O4S2/c1-9-3-2-6-16(8-9)22(19,20)14-12(13(17)18)10-4-5-15-7-11(10)21-14/h9,15H,2-8H2,1H3,(H,17,18)/t9-/m0/s1. The number of sulfonamides is 1. The van der Waals surface area contributed by atoms with Gasteiger partial charge < -0.3 is 10.4 Å². The third-order valence-electron chi connectivity index (χ3n) is 4.30. The van der Waals surface area contributed by atoms with E-state index in [4.69, 9.17) is 0 Å². The van der Waals surface area contributed by atoms with Gasteiger partial charge in [-0.3, -0.25) is 0 Å². The molecule has 8 heteroatoms. The van der Waals surface area contributed by atoms with Crippen LogP contribution < -0.4 is 5.32 Å². The fraction of sp³-hybridized carbons (Fsp3) is 0.643. The van der Waals surface area contributed by atoms with Crippen molar-refractivity contribution < 1.29 is 18.3 Å². The molecule has 0 amide bonds. The summed E-state index contributed by atoms with van der Waals surface area (Å²) in [4.78, 5) is 12.5. The minimum atomic E-state index is -3.72. The van der Waals surface area contributed by atoms with Crippen LogP contribution >= 0.6 is 11.3 Å². The second kappa shape index (κ2) is 5.92. The molecule has 1 atom stereocenters. The van der Waals surface area contributed by atoms with Gasteiger partial charge in [0.1, 0.15) is 4.21 Å². The number of nitrogens with one attached hydrogen (secondary N) is 1. The molecule has 2 aliphatic heterocycles. The zero-order valence-corrected chi connectivity index (χ0v) is 14.1. The minimum Gasteiger partial charge on any atom is -0.478 e. The molecule has 0 radical (unpaired) electrons. The number of hydrogen-bond acceptors (Lipinski definition) is 5. The van der Waals surface area contributed by atoms with Gasteiger partial charge in [0.2, 0.25) is 0 Å². The number of piperidine rings is 1. The molecule has 22 heavy (non-hydrogen) atoms. The maximum Gasteiger partial charge on any atom is 0.338 e. The summed E-state index contributed by atoms with van der Waals surface area (Å²) in [7, 11) is -3.72. The van der Waals surface area contributed by atoms with Crippen molar-refractivity contribution in [3.63, 3.8) is 0 Å². The molecule has 1 aromatic rings. The first-order chi connectivity index (χ1) is 10.4. The molecular formula is C14H20N2O4S2. The largest absolute Gasteiger partial charge is 0.478 e. The van der Waals surface area contributed by atoms with E-state index in [2.05, 4.69) is 5.32 Å². The Kier molecular flexibility index (Phi) is 4.28. The lowest BCUT2D eigenvalue weighted by Crippen LogP contribution is -2.39. The number of carbonyl (C=O) groups is 1. The average molecular weight is 344 g/mol. The first kappa shape index (κ1) is 15.9. The van der Waals surface area contributed by atoms with Crippen LogP contribution in [-0.2, 0) is 23.0 Å². The summed E-state index contributed by atoms with van der Waals surface area (Å²) in [6.45, 7) is 4.22. The van der Waals surface area contributed by atoms with Crippen LogP contribution in [0.15, 0.2) is 4.21 Å². The highest BCUT2D eigenvalue weighted by molar-refractivity contribution is 7.91. The Hall–Kier alpha value is -0.960. The molecule has 1 saturated heterocycles. The van der Waals surface area contributed by atoms with Crippen molar-refractivity contribution in [2.24, 2.45) is 5.92 Å². The Morgan fingerprint density at radius 1 is 1.45 bits per heavy atom. The molecule has 3 heterocycles. The van der Waals surface area contributed by atoms with E-state index in [1.165, 1.54) is 4.31 Å². The minimum absolute atomic E-state index is 0.000253. The lowest BCUT2D eigenvalue weighted by Gasteiger charge is -2.29. The number of aromatic carboxylic acids is 1. The zero-order chi connectivity index (χ0) is 15.9. The fourth-order valence-corrected chi connectivity index (χ4v) is 6.79. The summed E-state index contributed by atoms with van der Waals surface area (Å²) in [5.41, 5.74) is 0.694. The van der Waals surface area contributed by atoms with Crippen molar-refractivity contribution in [1.82, 2.24) is 9.62 Å². The van der Waals surface area contributed by atoms with Crippen LogP contribution in [0.5, 0.6) is 0 Å². The SMILES string of the molecule is C[C@H]1CCCN(S(=O)(=O)c2sc3c(c2C(=O)O)CCNC3)C1. The number of carboxylic acid groups (broad SMARTS) is 1. The van der Waals surface area contributed by atoms with Crippen molar-refractivity contribution in [2.45, 2.75) is 36.9 Å². The summed E-state index contributed by atoms with van der Waals surface area (Å²) in [6.07, 6.45) is 2.41. The smallest absolute Gasteiger partial charge is 0.338 e. The Labute approximate surface area is 134 Å². The van der Waals surface area contributed by atoms with Gasteiger partial charge in [0.25, 0.3) is 10.0 Å². The molecule has 2 N–H and O–H groups in total. The lowest BCUT2D eigenvalue weighted by atomic mass is 10.0. The van der Waals surface area contributed by atoms with Crippen LogP contribution in [0.3, 0.4) is 0 Å². The predicted octanol–water partition coefficient (Wildman–Crippen LogP) is 1.51. The van der Waals surface area contributed by atoms with Crippen molar-refractivity contribution in [2.75, 3.05) is 19.6 Å². The molecule has 0 aromatic carbocycles. The Bertz CT molecular complexity index is 696. The van der Waals surface area contributed by atoms with E-state index in [0.717, 1.165) is 29.1 Å². The molecule has 0 bridgehead atoms. The third kappa shape index (κ3) is 2.68. The average Bonchev–Trinajstić information content (AvgIpc) is 2.87. The quantitative estimate of drug-likeness (QED) is 0.868. The normalized spacial score (nSPS) is 23.2. The third-order valence-corrected chi connectivity index (χ3v) is 7.90. The lowest BCUT2D eigenvalue weighted by molar-refractivity contribution is 0.0692. The number of thiophene rings is 1. The van der Waals surface area contributed by atoms with Gasteiger partial charge in [0.15, 0.2) is 0 Å². The van der Waals surface area contributed by atoms with E-state index in [-0.39, 0.29) is 9.77 Å². The van der Waals surface area contributed by atoms with Gasteiger partial charge in [0, 0.05) is 24.5 Å². The van der Waals surface area contributed by atoms with E-state index in [1.807, 2.05) is 6.92 Å². The van der Waals surface area contributed by atoms with E-state index < -0.39 is 16.0 Å². The van der Waals surface area contributed by atoms with Gasteiger partial charge in [-0.05, 0) is 37.3 Å². The highest BCUT2D eigenvalue weighted by Crippen LogP contribution is 2.37. The highest BCUT2D eigenvalue weighted by Gasteiger charge is 2.36. The van der Waals surface area contributed by atoms with Crippen molar-refractivity contribution in [3.8, 4) is 0 Å². The molecule has 0 aliphatic carbocycles. The Morgan fingerprint density at radius 3 is 2.91 bits per heavy atom. The van der Waals surface area contributed by atoms with Crippen LogP contribution in [-0.4, -0.2) is 43.4 Å². The van der Waals surface area contributed by atoms with Gasteiger partial charge in [-0.2, -0.15) is 4.31 Å². The summed E-state index contributed by atoms with van der Waals surface area (Å²) >= 11 is 1.12. The van der Waals surface area contributed by atoms with E-state index >= 15 is 0 Å². The molecule has 3 rings (SSSR count). The fourth-order valence-electron chi connectivity index (χ4n) is 3.19. The van der Waals surface area contributed by atoms with Crippen LogP contribution in [0.1, 0.15) is 40.6 Å². The maximum atomic E-state index is 12.9. The second-order valence-corrected chi connectivity index (χ2v) is 9.25. The van der Waals surface area contributed by atoms with E-state index in [0.29, 0.717) is 44.1 Å². The van der Waals surface area contributed by atoms with Gasteiger partial charge in [0.05, 0.1) is 5.56 Å². The first-order valence-electron chi connectivity index (χ1n) is 7.50. The monoisotopic (exact) mass is 344 g/mol. The topological polar surface area (TPSA) is 86.7 Å². The Morgan fingerprint density at radius 2 is 2.23 bits per heavy atom. The molecule has 0 saturated carbocycles. The van der Waals surface area contributed by atoms with Crippen LogP contribution in [0.2, 0.25) is 0 Å². The molecular weight excluding hydrogens is 324 g/mol. The zero-order valence-electron chi connectivity index (χ0n) is 12.5. The van der Waals surface area contributed by atoms with E-state index in [1.54, 1.807) is 0 Å². The molecule has 0 unspecified atom stereocenters. The van der Waals surface area contributed by atoms with Gasteiger partial charge in [-0.15, -0.1) is 11.3 Å². The summed E-state index contributed by atoms with van der Waals surface area (Å²) in [5, 5.41) is 12.7. The van der Waals surface area contributed by atoms with Crippen molar-refractivity contribution >= 4 is 27.3 Å². The molecule has 6 nitrogen and oxygen atoms in total. The number of carboxylic acids is 1. The summed E-state index contributed by atoms with van der Waals surface area (Å²) < 4.78 is 27.3. The first-order valence-corrected chi connectivity index (χ1v) is 9.75.